The summed E-state index contributed by atoms with van der Waals surface area (Å²) in [5.74, 6) is -0.641. The number of aliphatic carboxylic acids is 1. The van der Waals surface area contributed by atoms with Crippen molar-refractivity contribution in [3.63, 3.8) is 0 Å². The standard InChI is InChI=1S/C16H27NO3/c18-14(19)15(6-4-10-17-12-15)11-13-5-9-16(20-13)7-2-1-3-8-16/h13,17H,1-12H2,(H,18,19). The molecule has 20 heavy (non-hydrogen) atoms. The van der Waals surface area contributed by atoms with Crippen LogP contribution in [-0.2, 0) is 9.53 Å². The normalized spacial score (nSPS) is 37.1. The zero-order chi connectivity index (χ0) is 14.1. The Labute approximate surface area is 121 Å². The average molecular weight is 281 g/mol. The van der Waals surface area contributed by atoms with Crippen molar-refractivity contribution in [1.82, 2.24) is 5.32 Å². The maximum atomic E-state index is 11.7. The molecule has 4 nitrogen and oxygen atoms in total. The minimum Gasteiger partial charge on any atom is -0.481 e. The summed E-state index contributed by atoms with van der Waals surface area (Å²) in [6, 6.07) is 0. The average Bonchev–Trinajstić information content (AvgIpc) is 2.83. The Hall–Kier alpha value is -0.610. The summed E-state index contributed by atoms with van der Waals surface area (Å²) in [7, 11) is 0. The number of carboxylic acids is 1. The Balaban J connectivity index is 1.63. The fourth-order valence-electron chi connectivity index (χ4n) is 4.45. The molecular weight excluding hydrogens is 254 g/mol. The summed E-state index contributed by atoms with van der Waals surface area (Å²) in [5, 5.41) is 12.9. The number of hydrogen-bond acceptors (Lipinski definition) is 3. The van der Waals surface area contributed by atoms with Crippen LogP contribution in [0, 0.1) is 5.41 Å². The highest BCUT2D eigenvalue weighted by Gasteiger charge is 2.47. The fraction of sp³-hybridized carbons (Fsp3) is 0.938. The Kier molecular flexibility index (Phi) is 4.04. The van der Waals surface area contributed by atoms with Crippen LogP contribution in [0.1, 0.15) is 64.2 Å². The van der Waals surface area contributed by atoms with E-state index in [-0.39, 0.29) is 11.7 Å². The zero-order valence-corrected chi connectivity index (χ0v) is 12.3. The van der Waals surface area contributed by atoms with E-state index in [9.17, 15) is 9.90 Å². The number of carboxylic acid groups (broad SMARTS) is 1. The van der Waals surface area contributed by atoms with Crippen LogP contribution < -0.4 is 5.32 Å². The van der Waals surface area contributed by atoms with Gasteiger partial charge in [-0.3, -0.25) is 4.79 Å². The van der Waals surface area contributed by atoms with Crippen LogP contribution >= 0.6 is 0 Å². The van der Waals surface area contributed by atoms with E-state index in [4.69, 9.17) is 4.74 Å². The minimum atomic E-state index is -0.641. The molecule has 2 aliphatic heterocycles. The topological polar surface area (TPSA) is 58.6 Å². The van der Waals surface area contributed by atoms with Gasteiger partial charge in [-0.05, 0) is 51.5 Å². The number of carbonyl (C=O) groups is 1. The van der Waals surface area contributed by atoms with Gasteiger partial charge in [-0.25, -0.2) is 0 Å². The molecule has 0 amide bonds. The van der Waals surface area contributed by atoms with Crippen molar-refractivity contribution in [3.8, 4) is 0 Å². The highest BCUT2D eigenvalue weighted by Crippen LogP contribution is 2.45. The van der Waals surface area contributed by atoms with Gasteiger partial charge in [-0.15, -0.1) is 0 Å². The first-order chi connectivity index (χ1) is 9.64. The molecule has 3 aliphatic rings. The first-order valence-corrected chi connectivity index (χ1v) is 8.26. The second kappa shape index (κ2) is 5.64. The third-order valence-corrected chi connectivity index (χ3v) is 5.65. The Morgan fingerprint density at radius 1 is 1.15 bits per heavy atom. The molecule has 3 rings (SSSR count). The molecule has 0 radical (unpaired) electrons. The largest absolute Gasteiger partial charge is 0.481 e. The van der Waals surface area contributed by atoms with E-state index in [1.54, 1.807) is 0 Å². The van der Waals surface area contributed by atoms with Gasteiger partial charge in [-0.2, -0.15) is 0 Å². The molecule has 3 fully saturated rings. The molecule has 2 atom stereocenters. The third-order valence-electron chi connectivity index (χ3n) is 5.65. The van der Waals surface area contributed by atoms with Gasteiger partial charge in [0.1, 0.15) is 0 Å². The minimum absolute atomic E-state index is 0.102. The fourth-order valence-corrected chi connectivity index (χ4v) is 4.45. The summed E-state index contributed by atoms with van der Waals surface area (Å²) < 4.78 is 6.38. The summed E-state index contributed by atoms with van der Waals surface area (Å²) in [6.07, 6.45) is 11.0. The lowest BCUT2D eigenvalue weighted by atomic mass is 9.76. The van der Waals surface area contributed by atoms with E-state index in [0.717, 1.165) is 32.2 Å². The van der Waals surface area contributed by atoms with Crippen LogP contribution in [-0.4, -0.2) is 35.9 Å². The molecule has 2 heterocycles. The van der Waals surface area contributed by atoms with Gasteiger partial charge in [0.05, 0.1) is 17.1 Å². The maximum Gasteiger partial charge on any atom is 0.311 e. The molecule has 0 aromatic rings. The number of hydrogen-bond donors (Lipinski definition) is 2. The van der Waals surface area contributed by atoms with Gasteiger partial charge < -0.3 is 15.2 Å². The Morgan fingerprint density at radius 3 is 2.60 bits per heavy atom. The van der Waals surface area contributed by atoms with E-state index in [2.05, 4.69) is 5.32 Å². The summed E-state index contributed by atoms with van der Waals surface area (Å²) in [4.78, 5) is 11.7. The Bertz CT molecular complexity index is 357. The molecule has 1 saturated carbocycles. The molecule has 0 aromatic heterocycles. The molecule has 0 aromatic carbocycles. The van der Waals surface area contributed by atoms with Crippen molar-refractivity contribution in [2.45, 2.75) is 75.9 Å². The SMILES string of the molecule is O=C(O)C1(CC2CCC3(CCCCC3)O2)CCCNC1. The van der Waals surface area contributed by atoms with Gasteiger partial charge in [0.15, 0.2) is 0 Å². The van der Waals surface area contributed by atoms with Crippen LogP contribution in [0.25, 0.3) is 0 Å². The highest BCUT2D eigenvalue weighted by molar-refractivity contribution is 5.75. The van der Waals surface area contributed by atoms with Crippen LogP contribution in [0.15, 0.2) is 0 Å². The van der Waals surface area contributed by atoms with E-state index in [1.807, 2.05) is 0 Å². The number of piperidine rings is 1. The van der Waals surface area contributed by atoms with E-state index in [0.29, 0.717) is 13.0 Å². The van der Waals surface area contributed by atoms with Gasteiger partial charge in [-0.1, -0.05) is 19.3 Å². The summed E-state index contributed by atoms with van der Waals surface area (Å²) >= 11 is 0. The molecule has 0 bridgehead atoms. The third kappa shape index (κ3) is 2.73. The summed E-state index contributed by atoms with van der Waals surface area (Å²) in [6.45, 7) is 1.56. The number of ether oxygens (including phenoxy) is 1. The van der Waals surface area contributed by atoms with Crippen molar-refractivity contribution in [2.75, 3.05) is 13.1 Å². The predicted molar refractivity (Wildman–Crippen MR) is 76.7 cm³/mol. The van der Waals surface area contributed by atoms with Crippen LogP contribution in [0.3, 0.4) is 0 Å². The van der Waals surface area contributed by atoms with E-state index < -0.39 is 11.4 Å². The highest BCUT2D eigenvalue weighted by atomic mass is 16.5. The van der Waals surface area contributed by atoms with E-state index >= 15 is 0 Å². The lowest BCUT2D eigenvalue weighted by molar-refractivity contribution is -0.154. The van der Waals surface area contributed by atoms with Crippen molar-refractivity contribution in [3.05, 3.63) is 0 Å². The quantitative estimate of drug-likeness (QED) is 0.835. The second-order valence-electron chi connectivity index (χ2n) is 7.09. The molecule has 1 spiro atoms. The lowest BCUT2D eigenvalue weighted by Crippen LogP contribution is -2.47. The Morgan fingerprint density at radius 2 is 1.95 bits per heavy atom. The van der Waals surface area contributed by atoms with Crippen molar-refractivity contribution >= 4 is 5.97 Å². The maximum absolute atomic E-state index is 11.7. The molecule has 4 heteroatoms. The lowest BCUT2D eigenvalue weighted by Gasteiger charge is -2.37. The molecule has 2 saturated heterocycles. The summed E-state index contributed by atoms with van der Waals surface area (Å²) in [5.41, 5.74) is -0.492. The van der Waals surface area contributed by atoms with Gasteiger partial charge in [0.25, 0.3) is 0 Å². The predicted octanol–water partition coefficient (Wildman–Crippen LogP) is 2.71. The van der Waals surface area contributed by atoms with Crippen LogP contribution in [0.5, 0.6) is 0 Å². The smallest absolute Gasteiger partial charge is 0.311 e. The molecule has 2 unspecified atom stereocenters. The number of nitrogens with one attached hydrogen (secondary N) is 1. The molecule has 1 aliphatic carbocycles. The number of rotatable bonds is 3. The van der Waals surface area contributed by atoms with Gasteiger partial charge in [0, 0.05) is 6.54 Å². The second-order valence-corrected chi connectivity index (χ2v) is 7.09. The van der Waals surface area contributed by atoms with Crippen LogP contribution in [0.2, 0.25) is 0 Å². The monoisotopic (exact) mass is 281 g/mol. The van der Waals surface area contributed by atoms with Crippen molar-refractivity contribution in [2.24, 2.45) is 5.41 Å². The molecular formula is C16H27NO3. The van der Waals surface area contributed by atoms with E-state index in [1.165, 1.54) is 32.1 Å². The molecule has 2 N–H and O–H groups in total. The zero-order valence-electron chi connectivity index (χ0n) is 12.3. The van der Waals surface area contributed by atoms with Crippen molar-refractivity contribution < 1.29 is 14.6 Å². The first kappa shape index (κ1) is 14.3. The molecule has 114 valence electrons. The van der Waals surface area contributed by atoms with Crippen molar-refractivity contribution in [1.29, 1.82) is 0 Å². The van der Waals surface area contributed by atoms with Crippen LogP contribution in [0.4, 0.5) is 0 Å². The van der Waals surface area contributed by atoms with Gasteiger partial charge >= 0.3 is 5.97 Å². The van der Waals surface area contributed by atoms with Gasteiger partial charge in [0.2, 0.25) is 0 Å². The first-order valence-electron chi connectivity index (χ1n) is 8.26.